The monoisotopic (exact) mass is 334 g/mol. The number of halogens is 1. The third kappa shape index (κ3) is 3.31. The van der Waals surface area contributed by atoms with Gasteiger partial charge in [-0.05, 0) is 36.9 Å². The van der Waals surface area contributed by atoms with Gasteiger partial charge in [0.05, 0.1) is 4.90 Å². The summed E-state index contributed by atoms with van der Waals surface area (Å²) in [5.41, 5.74) is 0.896. The number of benzene rings is 1. The molecule has 0 radical (unpaired) electrons. The molecule has 1 saturated heterocycles. The van der Waals surface area contributed by atoms with Gasteiger partial charge in [0, 0.05) is 30.4 Å². The second-order valence-corrected chi connectivity index (χ2v) is 8.38. The molecule has 0 aliphatic carbocycles. The van der Waals surface area contributed by atoms with E-state index in [9.17, 15) is 8.42 Å². The highest BCUT2D eigenvalue weighted by atomic mass is 35.5. The van der Waals surface area contributed by atoms with Crippen LogP contribution in [-0.4, -0.2) is 44.4 Å². The van der Waals surface area contributed by atoms with Gasteiger partial charge in [0.1, 0.15) is 0 Å². The number of rotatable bonds is 5. The van der Waals surface area contributed by atoms with E-state index >= 15 is 0 Å². The average Bonchev–Trinajstić information content (AvgIpc) is 2.94. The van der Waals surface area contributed by atoms with Crippen LogP contribution in [0.2, 0.25) is 5.02 Å². The molecule has 1 aromatic rings. The second kappa shape index (κ2) is 6.66. The number of hydrogen-bond donors (Lipinski definition) is 1. The van der Waals surface area contributed by atoms with Crippen molar-refractivity contribution in [2.75, 3.05) is 25.6 Å². The lowest BCUT2D eigenvalue weighted by Gasteiger charge is -2.23. The predicted molar refractivity (Wildman–Crippen MR) is 84.9 cm³/mol. The normalized spacial score (nSPS) is 19.7. The molecule has 1 fully saturated rings. The van der Waals surface area contributed by atoms with E-state index < -0.39 is 10.0 Å². The van der Waals surface area contributed by atoms with Gasteiger partial charge in [-0.25, -0.2) is 8.42 Å². The minimum absolute atomic E-state index is 0.0840. The molecule has 7 heteroatoms. The van der Waals surface area contributed by atoms with Gasteiger partial charge in [0.2, 0.25) is 10.0 Å². The molecule has 20 heavy (non-hydrogen) atoms. The zero-order chi connectivity index (χ0) is 14.8. The molecule has 4 nitrogen and oxygen atoms in total. The molecule has 0 bridgehead atoms. The number of nitrogens with zero attached hydrogens (tertiary/aromatic N) is 1. The van der Waals surface area contributed by atoms with E-state index in [0.717, 1.165) is 23.5 Å². The van der Waals surface area contributed by atoms with Crippen LogP contribution in [0.1, 0.15) is 12.0 Å². The van der Waals surface area contributed by atoms with Crippen LogP contribution in [-0.2, 0) is 16.6 Å². The Morgan fingerprint density at radius 3 is 2.80 bits per heavy atom. The maximum atomic E-state index is 12.6. The number of hydrogen-bond acceptors (Lipinski definition) is 4. The lowest BCUT2D eigenvalue weighted by Crippen LogP contribution is -2.36. The van der Waals surface area contributed by atoms with Crippen LogP contribution in [0, 0.1) is 0 Å². The first kappa shape index (κ1) is 16.1. The van der Waals surface area contributed by atoms with Gasteiger partial charge in [-0.1, -0.05) is 17.7 Å². The van der Waals surface area contributed by atoms with Crippen LogP contribution in [0.25, 0.3) is 0 Å². The maximum Gasteiger partial charge on any atom is 0.243 e. The van der Waals surface area contributed by atoms with Crippen molar-refractivity contribution in [3.8, 4) is 0 Å². The topological polar surface area (TPSA) is 49.4 Å². The molecule has 1 N–H and O–H groups in total. The van der Waals surface area contributed by atoms with E-state index in [1.54, 1.807) is 37.0 Å². The molecular formula is C13H19ClN2O2S2. The first-order valence-corrected chi connectivity index (χ1v) is 9.43. The molecule has 1 heterocycles. The molecule has 1 unspecified atom stereocenters. The van der Waals surface area contributed by atoms with Gasteiger partial charge < -0.3 is 5.32 Å². The Balaban J connectivity index is 2.27. The van der Waals surface area contributed by atoms with Crippen molar-refractivity contribution in [1.29, 1.82) is 0 Å². The summed E-state index contributed by atoms with van der Waals surface area (Å²) in [6.07, 6.45) is 0.909. The van der Waals surface area contributed by atoms with E-state index in [4.69, 9.17) is 11.6 Å². The minimum atomic E-state index is -3.46. The summed E-state index contributed by atoms with van der Waals surface area (Å²) in [6.45, 7) is 0.619. The summed E-state index contributed by atoms with van der Waals surface area (Å²) in [7, 11) is 0.0185. The molecule has 0 amide bonds. The third-order valence-electron chi connectivity index (χ3n) is 3.49. The largest absolute Gasteiger partial charge is 0.316 e. The van der Waals surface area contributed by atoms with E-state index in [1.807, 2.05) is 7.05 Å². The molecule has 1 aliphatic heterocycles. The Hall–Kier alpha value is -0.270. The lowest BCUT2D eigenvalue weighted by atomic mass is 10.2. The first-order chi connectivity index (χ1) is 9.46. The van der Waals surface area contributed by atoms with Gasteiger partial charge in [0.15, 0.2) is 0 Å². The van der Waals surface area contributed by atoms with Gasteiger partial charge in [-0.3, -0.25) is 0 Å². The van der Waals surface area contributed by atoms with Crippen molar-refractivity contribution in [3.63, 3.8) is 0 Å². The van der Waals surface area contributed by atoms with E-state index in [0.29, 0.717) is 11.6 Å². The van der Waals surface area contributed by atoms with Crippen molar-refractivity contribution in [2.45, 2.75) is 23.9 Å². The summed E-state index contributed by atoms with van der Waals surface area (Å²) < 4.78 is 26.6. The summed E-state index contributed by atoms with van der Waals surface area (Å²) in [6, 6.07) is 5.03. The number of thioether (sulfide) groups is 1. The van der Waals surface area contributed by atoms with Crippen molar-refractivity contribution in [1.82, 2.24) is 9.62 Å². The Labute approximate surface area is 129 Å². The van der Waals surface area contributed by atoms with E-state index in [-0.39, 0.29) is 10.9 Å². The van der Waals surface area contributed by atoms with Crippen molar-refractivity contribution in [3.05, 3.63) is 28.8 Å². The van der Waals surface area contributed by atoms with Crippen LogP contribution >= 0.6 is 23.4 Å². The maximum absolute atomic E-state index is 12.6. The summed E-state index contributed by atoms with van der Waals surface area (Å²) >= 11 is 7.95. The van der Waals surface area contributed by atoms with Crippen molar-refractivity contribution >= 4 is 33.4 Å². The van der Waals surface area contributed by atoms with Crippen LogP contribution in [0.15, 0.2) is 23.1 Å². The summed E-state index contributed by atoms with van der Waals surface area (Å²) in [5.74, 6) is 1.88. The average molecular weight is 335 g/mol. The fraction of sp³-hybridized carbons (Fsp3) is 0.538. The predicted octanol–water partition coefficient (Wildman–Crippen LogP) is 2.19. The van der Waals surface area contributed by atoms with E-state index in [1.165, 1.54) is 4.31 Å². The van der Waals surface area contributed by atoms with Gasteiger partial charge in [-0.15, -0.1) is 0 Å². The summed E-state index contributed by atoms with van der Waals surface area (Å²) in [5, 5.41) is 3.48. The lowest BCUT2D eigenvalue weighted by molar-refractivity contribution is 0.394. The number of nitrogens with one attached hydrogen (secondary N) is 1. The van der Waals surface area contributed by atoms with Gasteiger partial charge in [-0.2, -0.15) is 16.1 Å². The molecule has 1 aliphatic rings. The van der Waals surface area contributed by atoms with Crippen LogP contribution in [0.3, 0.4) is 0 Å². The molecule has 2 rings (SSSR count). The molecule has 0 spiro atoms. The minimum Gasteiger partial charge on any atom is -0.316 e. The zero-order valence-corrected chi connectivity index (χ0v) is 14.0. The molecule has 1 aromatic carbocycles. The van der Waals surface area contributed by atoms with Gasteiger partial charge in [0.25, 0.3) is 0 Å². The van der Waals surface area contributed by atoms with Crippen LogP contribution in [0.5, 0.6) is 0 Å². The second-order valence-electron chi connectivity index (χ2n) is 4.82. The molecule has 112 valence electrons. The number of sulfonamides is 1. The van der Waals surface area contributed by atoms with E-state index in [2.05, 4.69) is 5.32 Å². The Bertz CT molecular complexity index is 572. The quantitative estimate of drug-likeness (QED) is 0.896. The zero-order valence-electron chi connectivity index (χ0n) is 11.6. The fourth-order valence-corrected chi connectivity index (χ4v) is 5.28. The van der Waals surface area contributed by atoms with Crippen LogP contribution < -0.4 is 5.32 Å². The fourth-order valence-electron chi connectivity index (χ4n) is 2.19. The van der Waals surface area contributed by atoms with Crippen molar-refractivity contribution in [2.24, 2.45) is 0 Å². The molecule has 0 aromatic heterocycles. The SMILES string of the molecule is CNCc1ccc(S(=O)(=O)N(C)C2CCSC2)cc1Cl. The molecular weight excluding hydrogens is 316 g/mol. The first-order valence-electron chi connectivity index (χ1n) is 6.45. The van der Waals surface area contributed by atoms with Crippen molar-refractivity contribution < 1.29 is 8.42 Å². The van der Waals surface area contributed by atoms with Gasteiger partial charge >= 0.3 is 0 Å². The van der Waals surface area contributed by atoms with Crippen LogP contribution in [0.4, 0.5) is 0 Å². The molecule has 1 atom stereocenters. The highest BCUT2D eigenvalue weighted by Gasteiger charge is 2.30. The smallest absolute Gasteiger partial charge is 0.243 e. The Kier molecular flexibility index (Phi) is 5.36. The highest BCUT2D eigenvalue weighted by Crippen LogP contribution is 2.28. The Morgan fingerprint density at radius 2 is 2.25 bits per heavy atom. The summed E-state index contributed by atoms with van der Waals surface area (Å²) in [4.78, 5) is 0.266. The standard InChI is InChI=1S/C13H19ClN2O2S2/c1-15-8-10-3-4-12(7-13(10)14)20(17,18)16(2)11-5-6-19-9-11/h3-4,7,11,15H,5-6,8-9H2,1-2H3. The Morgan fingerprint density at radius 1 is 1.50 bits per heavy atom. The molecule has 0 saturated carbocycles. The highest BCUT2D eigenvalue weighted by molar-refractivity contribution is 7.99. The third-order valence-corrected chi connectivity index (χ3v) is 6.89.